The number of anilines is 1. The Hall–Kier alpha value is -4.69. The van der Waals surface area contributed by atoms with Crippen molar-refractivity contribution in [2.24, 2.45) is 13.0 Å². The van der Waals surface area contributed by atoms with E-state index < -0.39 is 39.2 Å². The van der Waals surface area contributed by atoms with Crippen LogP contribution in [0.4, 0.5) is 10.5 Å². The summed E-state index contributed by atoms with van der Waals surface area (Å²) in [5.74, 6) is 0.0233. The second-order valence-corrected chi connectivity index (χ2v) is 20.1. The van der Waals surface area contributed by atoms with Crippen molar-refractivity contribution in [3.8, 4) is 22.6 Å². The highest BCUT2D eigenvalue weighted by Gasteiger charge is 2.45. The number of carbonyl (C=O) groups excluding carboxylic acids is 5. The van der Waals surface area contributed by atoms with E-state index in [2.05, 4.69) is 63.2 Å². The lowest BCUT2D eigenvalue weighted by Gasteiger charge is -2.37. The molecule has 2 N–H and O–H groups in total. The molecule has 0 aliphatic carbocycles. The van der Waals surface area contributed by atoms with Gasteiger partial charge >= 0.3 is 6.03 Å². The molecule has 8 rings (SSSR count). The lowest BCUT2D eigenvalue weighted by Crippen LogP contribution is -2.54. The number of ether oxygens (including phenoxy) is 2. The molecule has 63 heavy (non-hydrogen) atoms. The predicted molar refractivity (Wildman–Crippen MR) is 247 cm³/mol. The van der Waals surface area contributed by atoms with Gasteiger partial charge in [-0.05, 0) is 86.0 Å². The number of thiol groups is 3. The minimum absolute atomic E-state index is 0.0884. The van der Waals surface area contributed by atoms with Crippen molar-refractivity contribution in [2.45, 2.75) is 61.2 Å². The van der Waals surface area contributed by atoms with Crippen molar-refractivity contribution in [1.82, 2.24) is 34.8 Å². The summed E-state index contributed by atoms with van der Waals surface area (Å²) in [4.78, 5) is 86.7. The molecule has 19 heteroatoms. The number of benzene rings is 2. The average molecular weight is 919 g/mol. The highest BCUT2D eigenvalue weighted by molar-refractivity contribution is 8.16. The minimum atomic E-state index is -1.30. The molecule has 336 valence electrons. The molecule has 6 heterocycles. The molecule has 3 fully saturated rings. The van der Waals surface area contributed by atoms with E-state index in [-0.39, 0.29) is 24.9 Å². The van der Waals surface area contributed by atoms with E-state index in [4.69, 9.17) is 9.47 Å². The number of imide groups is 2. The fraction of sp³-hybridized carbons (Fsp3) is 0.500. The normalized spacial score (nSPS) is 20.2. The third-order valence-corrected chi connectivity index (χ3v) is 13.5. The van der Waals surface area contributed by atoms with E-state index in [1.807, 2.05) is 24.4 Å². The first kappa shape index (κ1) is 44.9. The van der Waals surface area contributed by atoms with Gasteiger partial charge in [-0.1, -0.05) is 0 Å². The van der Waals surface area contributed by atoms with Gasteiger partial charge in [-0.3, -0.25) is 39.1 Å². The summed E-state index contributed by atoms with van der Waals surface area (Å²) in [6.45, 7) is 7.66. The molecule has 1 unspecified atom stereocenters. The van der Waals surface area contributed by atoms with E-state index in [9.17, 15) is 28.8 Å². The Labute approximate surface area is 382 Å². The number of nitrogens with zero attached hydrogens (tertiary/aromatic N) is 6. The molecule has 16 nitrogen and oxygen atoms in total. The second kappa shape index (κ2) is 18.4. The van der Waals surface area contributed by atoms with Crippen LogP contribution >= 0.6 is 37.9 Å². The number of fused-ring (bicyclic) bond motifs is 2. The maximum Gasteiger partial charge on any atom is 0.320 e. The first-order valence-electron chi connectivity index (χ1n) is 21.4. The molecule has 1 atom stereocenters. The summed E-state index contributed by atoms with van der Waals surface area (Å²) >= 11 is 12.5. The number of nitrogens with one attached hydrogen (secondary N) is 2. The van der Waals surface area contributed by atoms with Crippen LogP contribution < -0.4 is 30.6 Å². The van der Waals surface area contributed by atoms with Gasteiger partial charge in [0.2, 0.25) is 11.8 Å². The van der Waals surface area contributed by atoms with Gasteiger partial charge < -0.3 is 34.1 Å². The number of carbonyl (C=O) groups is 5. The molecular formula is C44H54N8O8S3. The maximum atomic E-state index is 13.4. The highest BCUT2D eigenvalue weighted by atomic mass is 32.2. The molecule has 0 radical (unpaired) electrons. The number of aryl methyl sites for hydroxylation is 1. The van der Waals surface area contributed by atoms with Crippen LogP contribution in [0.15, 0.2) is 41.3 Å². The zero-order valence-electron chi connectivity index (χ0n) is 35.7. The minimum Gasteiger partial charge on any atom is -0.496 e. The summed E-state index contributed by atoms with van der Waals surface area (Å²) in [7, 11) is 5.04. The van der Waals surface area contributed by atoms with Crippen molar-refractivity contribution in [3.63, 3.8) is 0 Å². The molecule has 5 aliphatic heterocycles. The largest absolute Gasteiger partial charge is 0.496 e. The number of hydrogen-bond donors (Lipinski definition) is 5. The van der Waals surface area contributed by atoms with E-state index >= 15 is 0 Å². The molecule has 0 bridgehead atoms. The molecule has 2 aromatic carbocycles. The molecular weight excluding hydrogens is 865 g/mol. The number of piperazine rings is 1. The second-order valence-electron chi connectivity index (χ2n) is 17.0. The van der Waals surface area contributed by atoms with E-state index in [0.717, 1.165) is 97.9 Å². The number of pyridine rings is 1. The fourth-order valence-corrected chi connectivity index (χ4v) is 9.92. The van der Waals surface area contributed by atoms with Gasteiger partial charge in [-0.15, -0.1) is 37.9 Å². The molecule has 3 aromatic rings. The van der Waals surface area contributed by atoms with Gasteiger partial charge in [0.05, 0.1) is 37.5 Å². The average Bonchev–Trinajstić information content (AvgIpc) is 3.51. The van der Waals surface area contributed by atoms with Crippen molar-refractivity contribution >= 4 is 73.2 Å². The van der Waals surface area contributed by atoms with Crippen LogP contribution in [0, 0.1) is 5.92 Å². The van der Waals surface area contributed by atoms with Crippen molar-refractivity contribution < 1.29 is 33.4 Å². The third kappa shape index (κ3) is 9.44. The topological polar surface area (TPSA) is 166 Å². The van der Waals surface area contributed by atoms with Crippen LogP contribution in [0.1, 0.15) is 69.5 Å². The molecule has 0 spiro atoms. The fourth-order valence-electron chi connectivity index (χ4n) is 9.64. The number of piperidine rings is 2. The van der Waals surface area contributed by atoms with Gasteiger partial charge in [0, 0.05) is 88.8 Å². The maximum absolute atomic E-state index is 13.4. The molecule has 6 amide bonds. The van der Waals surface area contributed by atoms with E-state index in [1.54, 1.807) is 42.9 Å². The van der Waals surface area contributed by atoms with Crippen LogP contribution in [0.25, 0.3) is 11.1 Å². The monoisotopic (exact) mass is 918 g/mol. The molecule has 1 aromatic heterocycles. The molecule has 5 aliphatic rings. The first-order valence-corrected chi connectivity index (χ1v) is 22.7. The number of aromatic nitrogens is 1. The summed E-state index contributed by atoms with van der Waals surface area (Å²) < 4.78 is 12.2. The Morgan fingerprint density at radius 3 is 2.13 bits per heavy atom. The Bertz CT molecular complexity index is 2360. The zero-order valence-corrected chi connectivity index (χ0v) is 38.4. The molecule has 3 saturated heterocycles. The number of urea groups is 1. The number of hydrogen-bond acceptors (Lipinski definition) is 14. The summed E-state index contributed by atoms with van der Waals surface area (Å²) in [5.41, 5.74) is 5.51. The Morgan fingerprint density at radius 2 is 1.48 bits per heavy atom. The van der Waals surface area contributed by atoms with Crippen LogP contribution in [0.3, 0.4) is 0 Å². The lowest BCUT2D eigenvalue weighted by atomic mass is 9.91. The van der Waals surface area contributed by atoms with Crippen LogP contribution in [-0.2, 0) is 36.1 Å². The third-order valence-electron chi connectivity index (χ3n) is 13.2. The summed E-state index contributed by atoms with van der Waals surface area (Å²) in [6.07, 6.45) is 5.72. The van der Waals surface area contributed by atoms with Crippen LogP contribution in [0.2, 0.25) is 0 Å². The summed E-state index contributed by atoms with van der Waals surface area (Å²) in [6, 6.07) is 7.99. The van der Waals surface area contributed by atoms with Gasteiger partial charge in [0.1, 0.15) is 17.5 Å². The number of rotatable bonds is 11. The number of methoxy groups -OCH3 is 2. The summed E-state index contributed by atoms with van der Waals surface area (Å²) in [5, 5.41) is 4.86. The standard InChI is InChI=1S/C44H54N8O8S3/c1-47-23-32(29-11-15-51(25-33(29)40(47)55)43(58)46-44(61,62)63)27-20-36(59-2)34(37(21-27)60-3)24-49-18-16-48(17-19-49)12-8-26-9-13-50(14-10-26)28-4-5-30-31(22-28)42(57)52(41(30)56)35-6-7-38(53)45-39(35)54/h4-5,20-23,26,35,61-63H,6-19,24-25H2,1-3H3,(H,46,58)(H,45,53,54). The predicted octanol–water partition coefficient (Wildman–Crippen LogP) is 3.36. The van der Waals surface area contributed by atoms with Gasteiger partial charge in [0.15, 0.2) is 3.54 Å². The Balaban J connectivity index is 0.840. The Kier molecular flexibility index (Phi) is 13.1. The lowest BCUT2D eigenvalue weighted by molar-refractivity contribution is -0.136. The van der Waals surface area contributed by atoms with Crippen molar-refractivity contribution in [1.29, 1.82) is 0 Å². The van der Waals surface area contributed by atoms with E-state index in [1.165, 1.54) is 0 Å². The van der Waals surface area contributed by atoms with Crippen LogP contribution in [-0.4, -0.2) is 130 Å². The van der Waals surface area contributed by atoms with Crippen LogP contribution in [0.5, 0.6) is 11.5 Å². The number of amides is 6. The first-order chi connectivity index (χ1) is 30.1. The quantitative estimate of drug-likeness (QED) is 0.109. The zero-order chi connectivity index (χ0) is 44.7. The highest BCUT2D eigenvalue weighted by Crippen LogP contribution is 2.39. The SMILES string of the molecule is COc1cc(-c2cn(C)c(=O)c3c2CCN(C(=O)NC(S)(S)S)C3)cc(OC)c1CN1CCN(CCC2CCN(c3ccc4c(c3)C(=O)N(C3CCC(=O)NC3=O)C4=O)CC2)CC1. The molecule has 0 saturated carbocycles. The van der Waals surface area contributed by atoms with Crippen molar-refractivity contribution in [3.05, 3.63) is 74.7 Å². The van der Waals surface area contributed by atoms with Gasteiger partial charge in [-0.2, -0.15) is 0 Å². The van der Waals surface area contributed by atoms with Crippen molar-refractivity contribution in [2.75, 3.05) is 71.5 Å². The smallest absolute Gasteiger partial charge is 0.320 e. The van der Waals surface area contributed by atoms with Gasteiger partial charge in [0.25, 0.3) is 17.4 Å². The Morgan fingerprint density at radius 1 is 0.810 bits per heavy atom. The van der Waals surface area contributed by atoms with E-state index in [0.29, 0.717) is 53.6 Å². The van der Waals surface area contributed by atoms with Gasteiger partial charge in [-0.25, -0.2) is 4.79 Å².